The molecule has 1 unspecified atom stereocenters. The van der Waals surface area contributed by atoms with Gasteiger partial charge >= 0.3 is 0 Å². The molecule has 0 spiro atoms. The van der Waals surface area contributed by atoms with Crippen LogP contribution in [0, 0.1) is 0 Å². The number of nitrogens with zero attached hydrogens (tertiary/aromatic N) is 4. The fourth-order valence-corrected chi connectivity index (χ4v) is 2.90. The Labute approximate surface area is 108 Å². The summed E-state index contributed by atoms with van der Waals surface area (Å²) in [5.74, 6) is 0.558. The zero-order chi connectivity index (χ0) is 12.5. The summed E-state index contributed by atoms with van der Waals surface area (Å²) in [5, 5.41) is 23.0. The fraction of sp³-hybridized carbons (Fsp3) is 0.250. The molecule has 3 aromatic rings. The summed E-state index contributed by atoms with van der Waals surface area (Å²) in [6, 6.07) is 10.1. The zero-order valence-corrected chi connectivity index (χ0v) is 10.6. The van der Waals surface area contributed by atoms with Crippen molar-refractivity contribution in [1.29, 1.82) is 0 Å². The summed E-state index contributed by atoms with van der Waals surface area (Å²) in [6.07, 6.45) is -0.188. The van der Waals surface area contributed by atoms with Crippen molar-refractivity contribution < 1.29 is 5.11 Å². The fourth-order valence-electron chi connectivity index (χ4n) is 1.85. The molecular weight excluding hydrogens is 248 g/mol. The maximum atomic E-state index is 10.2. The van der Waals surface area contributed by atoms with Crippen LogP contribution in [0.25, 0.3) is 10.1 Å². The van der Waals surface area contributed by atoms with Crippen molar-refractivity contribution in [3.05, 3.63) is 41.0 Å². The Kier molecular flexibility index (Phi) is 2.81. The highest BCUT2D eigenvalue weighted by atomic mass is 32.1. The van der Waals surface area contributed by atoms with E-state index in [0.29, 0.717) is 12.2 Å². The molecule has 3 rings (SSSR count). The van der Waals surface area contributed by atoms with E-state index in [1.54, 1.807) is 18.4 Å². The molecule has 0 fully saturated rings. The summed E-state index contributed by atoms with van der Waals surface area (Å²) in [5.41, 5.74) is 0. The van der Waals surface area contributed by atoms with E-state index in [1.165, 1.54) is 9.50 Å². The smallest absolute Gasteiger partial charge is 0.177 e. The van der Waals surface area contributed by atoms with Crippen molar-refractivity contribution in [3.63, 3.8) is 0 Å². The highest BCUT2D eigenvalue weighted by Crippen LogP contribution is 2.30. The van der Waals surface area contributed by atoms with Crippen molar-refractivity contribution >= 4 is 21.4 Å². The van der Waals surface area contributed by atoms with Gasteiger partial charge < -0.3 is 5.11 Å². The number of fused-ring (bicyclic) bond motifs is 1. The summed E-state index contributed by atoms with van der Waals surface area (Å²) >= 11 is 1.60. The monoisotopic (exact) mass is 260 g/mol. The number of tetrazole rings is 1. The highest BCUT2D eigenvalue weighted by Gasteiger charge is 2.14. The third-order valence-corrected chi connectivity index (χ3v) is 3.92. The topological polar surface area (TPSA) is 63.8 Å². The van der Waals surface area contributed by atoms with Crippen LogP contribution in [0.4, 0.5) is 0 Å². The Balaban J connectivity index is 1.85. The van der Waals surface area contributed by atoms with Crippen LogP contribution in [0.1, 0.15) is 16.8 Å². The van der Waals surface area contributed by atoms with Crippen LogP contribution in [-0.4, -0.2) is 25.3 Å². The van der Waals surface area contributed by atoms with Crippen LogP contribution >= 0.6 is 11.3 Å². The highest BCUT2D eigenvalue weighted by molar-refractivity contribution is 7.19. The normalized spacial score (nSPS) is 13.0. The van der Waals surface area contributed by atoms with Gasteiger partial charge in [-0.25, -0.2) is 0 Å². The molecule has 0 aliphatic heterocycles. The molecule has 5 nitrogen and oxygen atoms in total. The Morgan fingerprint density at radius 3 is 2.94 bits per heavy atom. The molecule has 1 aromatic carbocycles. The molecule has 0 amide bonds. The molecule has 0 bridgehead atoms. The first-order chi connectivity index (χ1) is 8.72. The van der Waals surface area contributed by atoms with E-state index >= 15 is 0 Å². The molecule has 0 aliphatic carbocycles. The van der Waals surface area contributed by atoms with Crippen molar-refractivity contribution in [2.75, 3.05) is 0 Å². The van der Waals surface area contributed by atoms with E-state index in [0.717, 1.165) is 10.3 Å². The minimum Gasteiger partial charge on any atom is -0.387 e. The van der Waals surface area contributed by atoms with E-state index in [1.807, 2.05) is 24.3 Å². The second kappa shape index (κ2) is 4.47. The molecule has 6 heteroatoms. The number of aliphatic hydroxyl groups excluding tert-OH is 1. The molecule has 1 N–H and O–H groups in total. The Morgan fingerprint density at radius 1 is 1.39 bits per heavy atom. The lowest BCUT2D eigenvalue weighted by Gasteiger charge is -2.03. The quantitative estimate of drug-likeness (QED) is 0.778. The van der Waals surface area contributed by atoms with Crippen LogP contribution in [0.2, 0.25) is 0 Å². The predicted molar refractivity (Wildman–Crippen MR) is 69.3 cm³/mol. The number of benzene rings is 1. The standard InChI is InChI=1S/C12H12N4OS/c1-16-14-12(13-15-16)7-9(17)11-6-8-4-2-3-5-10(8)18-11/h2-6,9,17H,7H2,1H3. The van der Waals surface area contributed by atoms with Crippen molar-refractivity contribution in [1.82, 2.24) is 20.2 Å². The van der Waals surface area contributed by atoms with Crippen LogP contribution in [0.15, 0.2) is 30.3 Å². The average Bonchev–Trinajstić information content (AvgIpc) is 2.95. The third-order valence-electron chi connectivity index (χ3n) is 2.70. The summed E-state index contributed by atoms with van der Waals surface area (Å²) in [7, 11) is 1.71. The SMILES string of the molecule is Cn1nnc(CC(O)c2cc3ccccc3s2)n1. The van der Waals surface area contributed by atoms with Crippen LogP contribution < -0.4 is 0 Å². The van der Waals surface area contributed by atoms with E-state index in [9.17, 15) is 5.11 Å². The van der Waals surface area contributed by atoms with Gasteiger partial charge in [0.25, 0.3) is 0 Å². The number of rotatable bonds is 3. The first-order valence-electron chi connectivity index (χ1n) is 5.62. The average molecular weight is 260 g/mol. The second-order valence-electron chi connectivity index (χ2n) is 4.10. The largest absolute Gasteiger partial charge is 0.387 e. The van der Waals surface area contributed by atoms with Crippen molar-refractivity contribution in [2.24, 2.45) is 7.05 Å². The predicted octanol–water partition coefficient (Wildman–Crippen LogP) is 1.70. The molecule has 18 heavy (non-hydrogen) atoms. The number of aromatic nitrogens is 4. The Hall–Kier alpha value is -1.79. The van der Waals surface area contributed by atoms with Gasteiger partial charge in [0, 0.05) is 16.0 Å². The minimum atomic E-state index is -0.577. The Morgan fingerprint density at radius 2 is 2.22 bits per heavy atom. The summed E-state index contributed by atoms with van der Waals surface area (Å²) < 4.78 is 1.18. The summed E-state index contributed by atoms with van der Waals surface area (Å²) in [4.78, 5) is 2.33. The molecule has 0 saturated carbocycles. The molecule has 1 atom stereocenters. The van der Waals surface area contributed by atoms with E-state index in [4.69, 9.17) is 0 Å². The number of aliphatic hydroxyl groups is 1. The van der Waals surface area contributed by atoms with Crippen molar-refractivity contribution in [3.8, 4) is 0 Å². The third kappa shape index (κ3) is 2.12. The van der Waals surface area contributed by atoms with Crippen LogP contribution in [0.3, 0.4) is 0 Å². The van der Waals surface area contributed by atoms with Gasteiger partial charge in [-0.3, -0.25) is 0 Å². The molecule has 2 aromatic heterocycles. The molecule has 0 aliphatic rings. The van der Waals surface area contributed by atoms with Gasteiger partial charge in [0.2, 0.25) is 0 Å². The van der Waals surface area contributed by atoms with E-state index < -0.39 is 6.10 Å². The number of hydrogen-bond acceptors (Lipinski definition) is 5. The van der Waals surface area contributed by atoms with E-state index in [-0.39, 0.29) is 0 Å². The van der Waals surface area contributed by atoms with Gasteiger partial charge in [-0.15, -0.1) is 21.5 Å². The van der Waals surface area contributed by atoms with E-state index in [2.05, 4.69) is 21.5 Å². The molecule has 0 radical (unpaired) electrons. The molecule has 2 heterocycles. The van der Waals surface area contributed by atoms with Gasteiger partial charge in [-0.2, -0.15) is 4.80 Å². The molecule has 0 saturated heterocycles. The molecular formula is C12H12N4OS. The van der Waals surface area contributed by atoms with Gasteiger partial charge in [-0.1, -0.05) is 18.2 Å². The van der Waals surface area contributed by atoms with Crippen molar-refractivity contribution in [2.45, 2.75) is 12.5 Å². The van der Waals surface area contributed by atoms with Gasteiger partial charge in [-0.05, 0) is 22.7 Å². The number of thiophene rings is 1. The summed E-state index contributed by atoms with van der Waals surface area (Å²) in [6.45, 7) is 0. The zero-order valence-electron chi connectivity index (χ0n) is 9.82. The lowest BCUT2D eigenvalue weighted by Crippen LogP contribution is -2.02. The number of aryl methyl sites for hydroxylation is 1. The minimum absolute atomic E-state index is 0.390. The van der Waals surface area contributed by atoms with Gasteiger partial charge in [0.1, 0.15) is 0 Å². The lowest BCUT2D eigenvalue weighted by atomic mass is 10.2. The number of hydrogen-bond donors (Lipinski definition) is 1. The van der Waals surface area contributed by atoms with Crippen LogP contribution in [-0.2, 0) is 13.5 Å². The van der Waals surface area contributed by atoms with Crippen LogP contribution in [0.5, 0.6) is 0 Å². The second-order valence-corrected chi connectivity index (χ2v) is 5.22. The Bertz CT molecular complexity index is 642. The lowest BCUT2D eigenvalue weighted by molar-refractivity contribution is 0.179. The molecule has 92 valence electrons. The maximum Gasteiger partial charge on any atom is 0.177 e. The maximum absolute atomic E-state index is 10.2. The first-order valence-corrected chi connectivity index (χ1v) is 6.43. The van der Waals surface area contributed by atoms with Gasteiger partial charge in [0.15, 0.2) is 5.82 Å². The first kappa shape index (κ1) is 11.3. The van der Waals surface area contributed by atoms with Gasteiger partial charge in [0.05, 0.1) is 13.2 Å².